The van der Waals surface area contributed by atoms with E-state index in [1.807, 2.05) is 29.6 Å². The smallest absolute Gasteiger partial charge is 0.257 e. The number of rotatable bonds is 3. The van der Waals surface area contributed by atoms with Crippen LogP contribution < -0.4 is 0 Å². The van der Waals surface area contributed by atoms with Crippen LogP contribution in [0.1, 0.15) is 21.9 Å². The summed E-state index contributed by atoms with van der Waals surface area (Å²) in [5, 5.41) is 0. The molecule has 7 heteroatoms. The van der Waals surface area contributed by atoms with Gasteiger partial charge in [-0.1, -0.05) is 0 Å². The molecule has 1 aliphatic rings. The maximum absolute atomic E-state index is 12.8. The van der Waals surface area contributed by atoms with E-state index in [-0.39, 0.29) is 11.8 Å². The Bertz CT molecular complexity index is 906. The molecule has 0 aliphatic carbocycles. The molecular weight excluding hydrogens is 330 g/mol. The summed E-state index contributed by atoms with van der Waals surface area (Å²) < 4.78 is 7.81. The number of carbonyl (C=O) groups excluding carboxylic acids is 1. The van der Waals surface area contributed by atoms with E-state index in [1.54, 1.807) is 19.3 Å². The van der Waals surface area contributed by atoms with Gasteiger partial charge in [0.25, 0.3) is 5.91 Å². The Kier molecular flexibility index (Phi) is 4.62. The van der Waals surface area contributed by atoms with Crippen LogP contribution in [0, 0.1) is 12.8 Å². The zero-order valence-electron chi connectivity index (χ0n) is 14.7. The highest BCUT2D eigenvalue weighted by molar-refractivity contribution is 5.93. The summed E-state index contributed by atoms with van der Waals surface area (Å²) in [6.07, 6.45) is 9.71. The molecule has 134 valence electrons. The first kappa shape index (κ1) is 16.7. The topological polar surface area (TPSA) is 72.6 Å². The third-order valence-electron chi connectivity index (χ3n) is 4.67. The lowest BCUT2D eigenvalue weighted by molar-refractivity contribution is 0.0736. The normalized spacial score (nSPS) is 18.0. The first-order valence-electron chi connectivity index (χ1n) is 8.77. The van der Waals surface area contributed by atoms with E-state index in [0.717, 1.165) is 17.6 Å². The standard InChI is InChI=1S/C19H21N5O2/c1-14-21-10-16(11-22-14)19(25)24-7-8-26-13-15(12-24)9-17-18-3-2-5-23(18)6-4-20-17/h2-6,10-11,15H,7-9,12-13H2,1H3/t15-/m0/s1. The van der Waals surface area contributed by atoms with E-state index in [1.165, 1.54) is 0 Å². The van der Waals surface area contributed by atoms with Crippen LogP contribution >= 0.6 is 0 Å². The molecule has 3 aromatic rings. The fourth-order valence-electron chi connectivity index (χ4n) is 3.33. The summed E-state index contributed by atoms with van der Waals surface area (Å²) in [7, 11) is 0. The van der Waals surface area contributed by atoms with Crippen LogP contribution in [0.3, 0.4) is 0 Å². The lowest BCUT2D eigenvalue weighted by Gasteiger charge is -2.23. The number of amides is 1. The Balaban J connectivity index is 1.51. The van der Waals surface area contributed by atoms with Crippen molar-refractivity contribution in [3.8, 4) is 0 Å². The van der Waals surface area contributed by atoms with Crippen LogP contribution in [0.5, 0.6) is 0 Å². The Morgan fingerprint density at radius 3 is 2.96 bits per heavy atom. The Hall–Kier alpha value is -2.80. The molecule has 1 atom stereocenters. The molecule has 4 heterocycles. The number of carbonyl (C=O) groups is 1. The first-order valence-corrected chi connectivity index (χ1v) is 8.77. The van der Waals surface area contributed by atoms with Crippen molar-refractivity contribution in [3.05, 3.63) is 60.2 Å². The van der Waals surface area contributed by atoms with Crippen molar-refractivity contribution in [2.75, 3.05) is 26.3 Å². The summed E-state index contributed by atoms with van der Waals surface area (Å²) in [6.45, 7) is 4.18. The summed E-state index contributed by atoms with van der Waals surface area (Å²) in [5.41, 5.74) is 2.64. The number of ether oxygens (including phenoxy) is 1. The molecule has 26 heavy (non-hydrogen) atoms. The summed E-state index contributed by atoms with van der Waals surface area (Å²) >= 11 is 0. The lowest BCUT2D eigenvalue weighted by atomic mass is 10.0. The van der Waals surface area contributed by atoms with Gasteiger partial charge in [0.2, 0.25) is 0 Å². The molecule has 4 rings (SSSR count). The summed E-state index contributed by atoms with van der Waals surface area (Å²) in [6, 6.07) is 4.07. The van der Waals surface area contributed by atoms with Crippen molar-refractivity contribution in [1.82, 2.24) is 24.3 Å². The fourth-order valence-corrected chi connectivity index (χ4v) is 3.33. The third-order valence-corrected chi connectivity index (χ3v) is 4.67. The van der Waals surface area contributed by atoms with Crippen LogP contribution in [-0.2, 0) is 11.2 Å². The maximum Gasteiger partial charge on any atom is 0.257 e. The highest BCUT2D eigenvalue weighted by atomic mass is 16.5. The maximum atomic E-state index is 12.8. The molecule has 1 fully saturated rings. The Morgan fingerprint density at radius 1 is 1.27 bits per heavy atom. The van der Waals surface area contributed by atoms with Gasteiger partial charge in [0, 0.05) is 50.0 Å². The molecule has 1 aliphatic heterocycles. The van der Waals surface area contributed by atoms with Crippen molar-refractivity contribution in [2.24, 2.45) is 5.92 Å². The second kappa shape index (κ2) is 7.21. The quantitative estimate of drug-likeness (QED) is 0.719. The number of hydrogen-bond donors (Lipinski definition) is 0. The number of nitrogens with zero attached hydrogens (tertiary/aromatic N) is 5. The number of aryl methyl sites for hydroxylation is 1. The number of fused-ring (bicyclic) bond motifs is 1. The Labute approximate surface area is 151 Å². The van der Waals surface area contributed by atoms with Crippen molar-refractivity contribution in [2.45, 2.75) is 13.3 Å². The van der Waals surface area contributed by atoms with Crippen LogP contribution in [-0.4, -0.2) is 56.5 Å². The average molecular weight is 351 g/mol. The minimum absolute atomic E-state index is 0.0469. The van der Waals surface area contributed by atoms with Gasteiger partial charge in [0.15, 0.2) is 0 Å². The van der Waals surface area contributed by atoms with E-state index in [2.05, 4.69) is 25.4 Å². The van der Waals surface area contributed by atoms with Crippen LogP contribution in [0.2, 0.25) is 0 Å². The minimum Gasteiger partial charge on any atom is -0.379 e. The number of aromatic nitrogens is 4. The highest BCUT2D eigenvalue weighted by Crippen LogP contribution is 2.18. The van der Waals surface area contributed by atoms with Gasteiger partial charge < -0.3 is 14.0 Å². The Morgan fingerprint density at radius 2 is 2.12 bits per heavy atom. The highest BCUT2D eigenvalue weighted by Gasteiger charge is 2.25. The van der Waals surface area contributed by atoms with Crippen molar-refractivity contribution < 1.29 is 9.53 Å². The largest absolute Gasteiger partial charge is 0.379 e. The predicted molar refractivity (Wildman–Crippen MR) is 95.9 cm³/mol. The lowest BCUT2D eigenvalue weighted by Crippen LogP contribution is -2.36. The SMILES string of the molecule is Cc1ncc(C(=O)N2CCOC[C@@H](Cc3nccn4cccc34)C2)cn1. The summed E-state index contributed by atoms with van der Waals surface area (Å²) in [5.74, 6) is 0.806. The molecule has 0 aromatic carbocycles. The second-order valence-electron chi connectivity index (χ2n) is 6.59. The van der Waals surface area contributed by atoms with Gasteiger partial charge in [0.1, 0.15) is 5.82 Å². The molecule has 1 saturated heterocycles. The van der Waals surface area contributed by atoms with Crippen molar-refractivity contribution >= 4 is 11.4 Å². The molecule has 0 spiro atoms. The zero-order valence-corrected chi connectivity index (χ0v) is 14.7. The van der Waals surface area contributed by atoms with Gasteiger partial charge in [-0.15, -0.1) is 0 Å². The monoisotopic (exact) mass is 351 g/mol. The van der Waals surface area contributed by atoms with Gasteiger partial charge >= 0.3 is 0 Å². The number of hydrogen-bond acceptors (Lipinski definition) is 5. The average Bonchev–Trinajstić information content (AvgIpc) is 3.02. The fraction of sp³-hybridized carbons (Fsp3) is 0.368. The van der Waals surface area contributed by atoms with Gasteiger partial charge in [0.05, 0.1) is 30.0 Å². The molecule has 1 amide bonds. The predicted octanol–water partition coefficient (Wildman–Crippen LogP) is 1.76. The molecule has 0 saturated carbocycles. The van der Waals surface area contributed by atoms with Crippen LogP contribution in [0.25, 0.3) is 5.52 Å². The van der Waals surface area contributed by atoms with Crippen molar-refractivity contribution in [3.63, 3.8) is 0 Å². The van der Waals surface area contributed by atoms with Gasteiger partial charge in [-0.25, -0.2) is 9.97 Å². The molecule has 0 bridgehead atoms. The molecule has 7 nitrogen and oxygen atoms in total. The minimum atomic E-state index is -0.0469. The molecule has 0 radical (unpaired) electrons. The van der Waals surface area contributed by atoms with Crippen molar-refractivity contribution in [1.29, 1.82) is 0 Å². The molecule has 0 N–H and O–H groups in total. The zero-order chi connectivity index (χ0) is 17.9. The second-order valence-corrected chi connectivity index (χ2v) is 6.59. The van der Waals surface area contributed by atoms with Crippen LogP contribution in [0.4, 0.5) is 0 Å². The van der Waals surface area contributed by atoms with E-state index in [0.29, 0.717) is 37.7 Å². The van der Waals surface area contributed by atoms with Gasteiger partial charge in [-0.3, -0.25) is 9.78 Å². The van der Waals surface area contributed by atoms with Gasteiger partial charge in [-0.05, 0) is 25.5 Å². The first-order chi connectivity index (χ1) is 12.7. The molecular formula is C19H21N5O2. The van der Waals surface area contributed by atoms with Crippen LogP contribution in [0.15, 0.2) is 43.1 Å². The summed E-state index contributed by atoms with van der Waals surface area (Å²) in [4.78, 5) is 27.4. The van der Waals surface area contributed by atoms with E-state index >= 15 is 0 Å². The third kappa shape index (κ3) is 3.43. The molecule has 3 aromatic heterocycles. The van der Waals surface area contributed by atoms with Gasteiger partial charge in [-0.2, -0.15) is 0 Å². The van der Waals surface area contributed by atoms with E-state index < -0.39 is 0 Å². The molecule has 0 unspecified atom stereocenters. The van der Waals surface area contributed by atoms with E-state index in [4.69, 9.17) is 4.74 Å². The van der Waals surface area contributed by atoms with E-state index in [9.17, 15) is 4.79 Å².